The molecule has 0 bridgehead atoms. The summed E-state index contributed by atoms with van der Waals surface area (Å²) < 4.78 is 12.3. The number of benzene rings is 1. The molecule has 1 spiro atoms. The lowest BCUT2D eigenvalue weighted by Crippen LogP contribution is -2.48. The fourth-order valence-corrected chi connectivity index (χ4v) is 3.40. The molecule has 0 aromatic heterocycles. The Bertz CT molecular complexity index is 482. The van der Waals surface area contributed by atoms with Crippen LogP contribution in [0.2, 0.25) is 0 Å². The van der Waals surface area contributed by atoms with E-state index in [0.29, 0.717) is 6.10 Å². The molecule has 2 fully saturated rings. The minimum atomic E-state index is 0.148. The molecule has 1 N–H and O–H groups in total. The predicted octanol–water partition coefficient (Wildman–Crippen LogP) is 3.59. The quantitative estimate of drug-likeness (QED) is 0.898. The zero-order chi connectivity index (χ0) is 14.7. The van der Waals surface area contributed by atoms with Gasteiger partial charge in [-0.3, -0.25) is 0 Å². The van der Waals surface area contributed by atoms with Crippen LogP contribution < -0.4 is 10.1 Å². The van der Waals surface area contributed by atoms with Crippen molar-refractivity contribution in [2.24, 2.45) is 0 Å². The summed E-state index contributed by atoms with van der Waals surface area (Å²) in [6.07, 6.45) is 6.11. The molecule has 1 saturated heterocycles. The maximum Gasteiger partial charge on any atom is 0.124 e. The Morgan fingerprint density at radius 2 is 2.24 bits per heavy atom. The fraction of sp³-hybridized carbons (Fsp3) is 0.667. The summed E-state index contributed by atoms with van der Waals surface area (Å²) in [5.41, 5.74) is 2.71. The van der Waals surface area contributed by atoms with Crippen molar-refractivity contribution in [1.29, 1.82) is 0 Å². The minimum absolute atomic E-state index is 0.148. The molecule has 1 unspecified atom stereocenters. The van der Waals surface area contributed by atoms with Gasteiger partial charge in [-0.25, -0.2) is 0 Å². The van der Waals surface area contributed by atoms with Crippen LogP contribution in [0.1, 0.15) is 50.2 Å². The lowest BCUT2D eigenvalue weighted by atomic mass is 9.74. The third-order valence-electron chi connectivity index (χ3n) is 4.79. The number of rotatable bonds is 5. The average molecular weight is 289 g/mol. The first-order valence-electron chi connectivity index (χ1n) is 8.32. The Morgan fingerprint density at radius 1 is 1.38 bits per heavy atom. The van der Waals surface area contributed by atoms with Crippen molar-refractivity contribution in [3.63, 3.8) is 0 Å². The maximum absolute atomic E-state index is 6.35. The van der Waals surface area contributed by atoms with E-state index in [0.717, 1.165) is 38.3 Å². The molecule has 1 aromatic rings. The van der Waals surface area contributed by atoms with Crippen molar-refractivity contribution in [2.75, 3.05) is 13.2 Å². The Balaban J connectivity index is 1.68. The fourth-order valence-electron chi connectivity index (χ4n) is 3.40. The van der Waals surface area contributed by atoms with Gasteiger partial charge in [0, 0.05) is 24.9 Å². The van der Waals surface area contributed by atoms with Crippen LogP contribution in [0.4, 0.5) is 0 Å². The van der Waals surface area contributed by atoms with Crippen molar-refractivity contribution in [1.82, 2.24) is 5.32 Å². The second-order valence-corrected chi connectivity index (χ2v) is 6.51. The molecule has 21 heavy (non-hydrogen) atoms. The maximum atomic E-state index is 6.35. The highest BCUT2D eigenvalue weighted by atomic mass is 16.5. The Kier molecular flexibility index (Phi) is 4.51. The topological polar surface area (TPSA) is 30.5 Å². The molecular formula is C18H27NO2. The first-order valence-corrected chi connectivity index (χ1v) is 8.32. The highest BCUT2D eigenvalue weighted by Crippen LogP contribution is 2.43. The first-order chi connectivity index (χ1) is 10.2. The molecule has 1 atom stereocenters. The summed E-state index contributed by atoms with van der Waals surface area (Å²) in [6, 6.07) is 6.50. The molecule has 1 saturated carbocycles. The summed E-state index contributed by atoms with van der Waals surface area (Å²) in [7, 11) is 0. The van der Waals surface area contributed by atoms with Gasteiger partial charge in [-0.1, -0.05) is 24.6 Å². The molecule has 0 amide bonds. The molecule has 1 aliphatic heterocycles. The van der Waals surface area contributed by atoms with Crippen molar-refractivity contribution < 1.29 is 9.47 Å². The third kappa shape index (κ3) is 3.41. The Labute approximate surface area is 128 Å². The lowest BCUT2D eigenvalue weighted by molar-refractivity contribution is -0.153. The van der Waals surface area contributed by atoms with Crippen LogP contribution in [-0.2, 0) is 11.3 Å². The van der Waals surface area contributed by atoms with Gasteiger partial charge in [-0.15, -0.1) is 0 Å². The number of ether oxygens (including phenoxy) is 2. The van der Waals surface area contributed by atoms with E-state index in [1.54, 1.807) is 0 Å². The van der Waals surface area contributed by atoms with Crippen LogP contribution in [0, 0.1) is 6.92 Å². The van der Waals surface area contributed by atoms with Gasteiger partial charge in [0.1, 0.15) is 11.9 Å². The van der Waals surface area contributed by atoms with Gasteiger partial charge in [0.25, 0.3) is 0 Å². The van der Waals surface area contributed by atoms with Crippen molar-refractivity contribution in [3.05, 3.63) is 29.3 Å². The summed E-state index contributed by atoms with van der Waals surface area (Å²) in [4.78, 5) is 0. The average Bonchev–Trinajstić information content (AvgIpc) is 2.46. The highest BCUT2D eigenvalue weighted by Gasteiger charge is 2.43. The van der Waals surface area contributed by atoms with Crippen molar-refractivity contribution in [2.45, 2.75) is 64.2 Å². The standard InChI is InChI=1S/C18H27NO2/c1-3-19-13-15-11-14(2)5-6-17(15)21-16-7-10-20-18(12-16)8-4-9-18/h5-6,11,16,19H,3-4,7-10,12-13H2,1-2H3. The largest absolute Gasteiger partial charge is 0.490 e. The van der Waals surface area contributed by atoms with Crippen LogP contribution in [-0.4, -0.2) is 24.9 Å². The summed E-state index contributed by atoms with van der Waals surface area (Å²) in [5.74, 6) is 1.04. The van der Waals surface area contributed by atoms with Crippen LogP contribution in [0.25, 0.3) is 0 Å². The predicted molar refractivity (Wildman–Crippen MR) is 84.7 cm³/mol. The van der Waals surface area contributed by atoms with Crippen LogP contribution in [0.5, 0.6) is 5.75 Å². The molecule has 3 nitrogen and oxygen atoms in total. The van der Waals surface area contributed by atoms with Gasteiger partial charge in [-0.05, 0) is 38.8 Å². The first kappa shape index (κ1) is 14.9. The van der Waals surface area contributed by atoms with Crippen molar-refractivity contribution in [3.8, 4) is 5.75 Å². The van der Waals surface area contributed by atoms with E-state index in [2.05, 4.69) is 37.4 Å². The molecule has 1 aliphatic carbocycles. The monoisotopic (exact) mass is 289 g/mol. The normalized spacial score (nSPS) is 23.8. The SMILES string of the molecule is CCNCc1cc(C)ccc1OC1CCOC2(CCC2)C1. The second-order valence-electron chi connectivity index (χ2n) is 6.51. The zero-order valence-corrected chi connectivity index (χ0v) is 13.3. The van der Waals surface area contributed by atoms with E-state index in [1.807, 2.05) is 0 Å². The van der Waals surface area contributed by atoms with Crippen LogP contribution in [0.3, 0.4) is 0 Å². The van der Waals surface area contributed by atoms with Gasteiger partial charge < -0.3 is 14.8 Å². The Morgan fingerprint density at radius 3 is 2.95 bits per heavy atom. The molecule has 116 valence electrons. The van der Waals surface area contributed by atoms with Crippen molar-refractivity contribution >= 4 is 0 Å². The molecule has 1 heterocycles. The van der Waals surface area contributed by atoms with Gasteiger partial charge in [0.2, 0.25) is 0 Å². The van der Waals surface area contributed by atoms with E-state index in [4.69, 9.17) is 9.47 Å². The number of hydrogen-bond acceptors (Lipinski definition) is 3. The molecule has 3 heteroatoms. The van der Waals surface area contributed by atoms with Gasteiger partial charge in [0.05, 0.1) is 12.2 Å². The highest BCUT2D eigenvalue weighted by molar-refractivity contribution is 5.37. The molecule has 1 aromatic carbocycles. The third-order valence-corrected chi connectivity index (χ3v) is 4.79. The van der Waals surface area contributed by atoms with E-state index >= 15 is 0 Å². The van der Waals surface area contributed by atoms with Gasteiger partial charge >= 0.3 is 0 Å². The number of hydrogen-bond donors (Lipinski definition) is 1. The van der Waals surface area contributed by atoms with Crippen LogP contribution >= 0.6 is 0 Å². The van der Waals surface area contributed by atoms with Gasteiger partial charge in [-0.2, -0.15) is 0 Å². The molecule has 0 radical (unpaired) electrons. The Hall–Kier alpha value is -1.06. The zero-order valence-electron chi connectivity index (χ0n) is 13.3. The lowest BCUT2D eigenvalue weighted by Gasteiger charge is -2.47. The molecule has 2 aliphatic rings. The van der Waals surface area contributed by atoms with E-state index < -0.39 is 0 Å². The second kappa shape index (κ2) is 6.37. The summed E-state index contributed by atoms with van der Waals surface area (Å²) >= 11 is 0. The summed E-state index contributed by atoms with van der Waals surface area (Å²) in [6.45, 7) is 6.97. The summed E-state index contributed by atoms with van der Waals surface area (Å²) in [5, 5.41) is 3.40. The van der Waals surface area contributed by atoms with Gasteiger partial charge in [0.15, 0.2) is 0 Å². The van der Waals surface area contributed by atoms with E-state index in [-0.39, 0.29) is 5.60 Å². The molecular weight excluding hydrogens is 262 g/mol. The van der Waals surface area contributed by atoms with E-state index in [9.17, 15) is 0 Å². The minimum Gasteiger partial charge on any atom is -0.490 e. The smallest absolute Gasteiger partial charge is 0.124 e. The molecule has 3 rings (SSSR count). The van der Waals surface area contributed by atoms with E-state index in [1.165, 1.54) is 30.4 Å². The van der Waals surface area contributed by atoms with Crippen LogP contribution in [0.15, 0.2) is 18.2 Å². The number of aryl methyl sites for hydroxylation is 1. The number of nitrogens with one attached hydrogen (secondary N) is 1.